The molecule has 0 saturated carbocycles. The van der Waals surface area contributed by atoms with E-state index in [0.29, 0.717) is 6.42 Å². The molecule has 0 spiro atoms. The molecule has 1 N–H and O–H groups in total. The molecule has 0 radical (unpaired) electrons. The molecule has 0 unspecified atom stereocenters. The SMILES string of the molecule is COC(=O)[C@H]1C[C@H]2CN(C(=O)c3cnc[nH]c3=O)CC(=O)N2[C@H]1c1ccccc1. The van der Waals surface area contributed by atoms with Crippen LogP contribution in [0.2, 0.25) is 0 Å². The molecule has 9 nitrogen and oxygen atoms in total. The van der Waals surface area contributed by atoms with Crippen LogP contribution in [0.1, 0.15) is 28.4 Å². The highest BCUT2D eigenvalue weighted by atomic mass is 16.5. The number of fused-ring (bicyclic) bond motifs is 1. The molecule has 9 heteroatoms. The highest BCUT2D eigenvalue weighted by Crippen LogP contribution is 2.43. The lowest BCUT2D eigenvalue weighted by Gasteiger charge is -2.40. The summed E-state index contributed by atoms with van der Waals surface area (Å²) in [5.41, 5.74) is 0.180. The molecule has 2 amide bonds. The molecule has 3 atom stereocenters. The maximum Gasteiger partial charge on any atom is 0.311 e. The standard InChI is InChI=1S/C20H20N4O5/c1-29-20(28)14-7-13-9-23(19(27)15-8-21-11-22-18(15)26)10-16(25)24(13)17(14)12-5-3-2-4-6-12/h2-6,8,11,13-14,17H,7,9-10H2,1H3,(H,21,22,26)/t13-,14-,17-/m0/s1. The molecule has 2 fully saturated rings. The number of nitrogens with zero attached hydrogens (tertiary/aromatic N) is 3. The van der Waals surface area contributed by atoms with Crippen molar-refractivity contribution in [2.24, 2.45) is 5.92 Å². The average Bonchev–Trinajstić information content (AvgIpc) is 3.14. The Labute approximate surface area is 166 Å². The summed E-state index contributed by atoms with van der Waals surface area (Å²) in [7, 11) is 1.33. The zero-order valence-corrected chi connectivity index (χ0v) is 15.8. The molecule has 1 aromatic heterocycles. The number of rotatable bonds is 3. The molecule has 2 saturated heterocycles. The largest absolute Gasteiger partial charge is 0.469 e. The van der Waals surface area contributed by atoms with E-state index >= 15 is 0 Å². The van der Waals surface area contributed by atoms with Gasteiger partial charge in [-0.2, -0.15) is 0 Å². The van der Waals surface area contributed by atoms with Gasteiger partial charge < -0.3 is 19.5 Å². The van der Waals surface area contributed by atoms with Crippen molar-refractivity contribution in [3.05, 3.63) is 64.3 Å². The third kappa shape index (κ3) is 3.28. The van der Waals surface area contributed by atoms with E-state index in [4.69, 9.17) is 4.74 Å². The summed E-state index contributed by atoms with van der Waals surface area (Å²) in [6.45, 7) is 0.0661. The van der Waals surface area contributed by atoms with E-state index in [1.807, 2.05) is 30.3 Å². The van der Waals surface area contributed by atoms with Crippen molar-refractivity contribution in [3.63, 3.8) is 0 Å². The fourth-order valence-electron chi connectivity index (χ4n) is 4.28. The van der Waals surface area contributed by atoms with Gasteiger partial charge in [0.05, 0.1) is 31.4 Å². The second-order valence-electron chi connectivity index (χ2n) is 7.16. The number of hydrogen-bond donors (Lipinski definition) is 1. The zero-order valence-electron chi connectivity index (χ0n) is 15.8. The lowest BCUT2D eigenvalue weighted by Crippen LogP contribution is -2.56. The number of aromatic amines is 1. The van der Waals surface area contributed by atoms with E-state index in [-0.39, 0.29) is 36.6 Å². The van der Waals surface area contributed by atoms with Crippen LogP contribution in [-0.4, -0.2) is 63.8 Å². The third-order valence-electron chi connectivity index (χ3n) is 5.53. The second-order valence-corrected chi connectivity index (χ2v) is 7.16. The molecule has 1 aromatic carbocycles. The first-order valence-electron chi connectivity index (χ1n) is 9.27. The van der Waals surface area contributed by atoms with Crippen LogP contribution in [0, 0.1) is 5.92 Å². The number of nitrogens with one attached hydrogen (secondary N) is 1. The van der Waals surface area contributed by atoms with Gasteiger partial charge in [0.1, 0.15) is 12.1 Å². The van der Waals surface area contributed by atoms with E-state index in [1.165, 1.54) is 24.5 Å². The molecule has 2 aliphatic heterocycles. The van der Waals surface area contributed by atoms with Gasteiger partial charge in [-0.1, -0.05) is 30.3 Å². The van der Waals surface area contributed by atoms with E-state index in [9.17, 15) is 19.2 Å². The first-order valence-corrected chi connectivity index (χ1v) is 9.27. The maximum atomic E-state index is 13.0. The molecular formula is C20H20N4O5. The van der Waals surface area contributed by atoms with Crippen LogP contribution in [0.25, 0.3) is 0 Å². The molecular weight excluding hydrogens is 376 g/mol. The van der Waals surface area contributed by atoms with Crippen molar-refractivity contribution < 1.29 is 19.1 Å². The fourth-order valence-corrected chi connectivity index (χ4v) is 4.28. The minimum absolute atomic E-state index is 0.115. The minimum Gasteiger partial charge on any atom is -0.469 e. The normalized spacial score (nSPS) is 23.6. The van der Waals surface area contributed by atoms with E-state index in [0.717, 1.165) is 5.56 Å². The Morgan fingerprint density at radius 2 is 1.97 bits per heavy atom. The van der Waals surface area contributed by atoms with Crippen molar-refractivity contribution in [1.82, 2.24) is 19.8 Å². The Kier molecular flexibility index (Phi) is 4.87. The molecule has 4 rings (SSSR count). The summed E-state index contributed by atoms with van der Waals surface area (Å²) in [5.74, 6) is -1.73. The molecule has 0 aliphatic carbocycles. The van der Waals surface area contributed by atoms with Crippen molar-refractivity contribution in [2.45, 2.75) is 18.5 Å². The van der Waals surface area contributed by atoms with Crippen molar-refractivity contribution >= 4 is 17.8 Å². The molecule has 29 heavy (non-hydrogen) atoms. The van der Waals surface area contributed by atoms with Crippen molar-refractivity contribution in [3.8, 4) is 0 Å². The maximum absolute atomic E-state index is 13.0. The summed E-state index contributed by atoms with van der Waals surface area (Å²) in [6.07, 6.45) is 2.77. The van der Waals surface area contributed by atoms with Crippen molar-refractivity contribution in [1.29, 1.82) is 0 Å². The van der Waals surface area contributed by atoms with Gasteiger partial charge in [0.25, 0.3) is 11.5 Å². The lowest BCUT2D eigenvalue weighted by atomic mass is 9.93. The highest BCUT2D eigenvalue weighted by molar-refractivity contribution is 5.97. The van der Waals surface area contributed by atoms with Gasteiger partial charge in [-0.05, 0) is 12.0 Å². The smallest absolute Gasteiger partial charge is 0.311 e. The van der Waals surface area contributed by atoms with Gasteiger partial charge >= 0.3 is 5.97 Å². The molecule has 2 aliphatic rings. The number of carbonyl (C=O) groups is 3. The fraction of sp³-hybridized carbons (Fsp3) is 0.350. The van der Waals surface area contributed by atoms with Crippen LogP contribution >= 0.6 is 0 Å². The molecule has 0 bridgehead atoms. The van der Waals surface area contributed by atoms with Gasteiger partial charge in [-0.3, -0.25) is 19.2 Å². The summed E-state index contributed by atoms with van der Waals surface area (Å²) >= 11 is 0. The van der Waals surface area contributed by atoms with Crippen LogP contribution in [-0.2, 0) is 14.3 Å². The Morgan fingerprint density at radius 1 is 1.21 bits per heavy atom. The first kappa shape index (κ1) is 18.9. The number of carbonyl (C=O) groups excluding carboxylic acids is 3. The predicted molar refractivity (Wildman–Crippen MR) is 101 cm³/mol. The van der Waals surface area contributed by atoms with Crippen LogP contribution in [0.4, 0.5) is 0 Å². The summed E-state index contributed by atoms with van der Waals surface area (Å²) in [6, 6.07) is 8.55. The summed E-state index contributed by atoms with van der Waals surface area (Å²) in [5, 5.41) is 0. The Bertz CT molecular complexity index is 1010. The van der Waals surface area contributed by atoms with Crippen molar-refractivity contribution in [2.75, 3.05) is 20.2 Å². The number of methoxy groups -OCH3 is 1. The van der Waals surface area contributed by atoms with E-state index < -0.39 is 23.4 Å². The molecule has 2 aromatic rings. The Balaban J connectivity index is 1.64. The van der Waals surface area contributed by atoms with Crippen LogP contribution in [0.5, 0.6) is 0 Å². The zero-order chi connectivity index (χ0) is 20.5. The lowest BCUT2D eigenvalue weighted by molar-refractivity contribution is -0.147. The third-order valence-corrected chi connectivity index (χ3v) is 5.53. The number of H-pyrrole nitrogens is 1. The number of aromatic nitrogens is 2. The quantitative estimate of drug-likeness (QED) is 0.750. The topological polar surface area (TPSA) is 113 Å². The van der Waals surface area contributed by atoms with Crippen LogP contribution in [0.3, 0.4) is 0 Å². The Morgan fingerprint density at radius 3 is 2.66 bits per heavy atom. The molecule has 150 valence electrons. The van der Waals surface area contributed by atoms with Crippen LogP contribution < -0.4 is 5.56 Å². The predicted octanol–water partition coefficient (Wildman–Crippen LogP) is 0.357. The van der Waals surface area contributed by atoms with E-state index in [2.05, 4.69) is 9.97 Å². The van der Waals surface area contributed by atoms with Gasteiger partial charge in [0.2, 0.25) is 5.91 Å². The molecule has 3 heterocycles. The van der Waals surface area contributed by atoms with E-state index in [1.54, 1.807) is 4.90 Å². The second kappa shape index (κ2) is 7.50. The number of hydrogen-bond acceptors (Lipinski definition) is 6. The minimum atomic E-state index is -0.555. The highest BCUT2D eigenvalue weighted by Gasteiger charge is 2.51. The number of amides is 2. The summed E-state index contributed by atoms with van der Waals surface area (Å²) in [4.78, 5) is 59.4. The van der Waals surface area contributed by atoms with Gasteiger partial charge in [-0.15, -0.1) is 0 Å². The average molecular weight is 396 g/mol. The number of ether oxygens (including phenoxy) is 1. The first-order chi connectivity index (χ1) is 14.0. The number of piperazine rings is 1. The summed E-state index contributed by atoms with van der Waals surface area (Å²) < 4.78 is 4.98. The van der Waals surface area contributed by atoms with Gasteiger partial charge in [0.15, 0.2) is 0 Å². The Hall–Kier alpha value is -3.49. The monoisotopic (exact) mass is 396 g/mol. The number of esters is 1. The number of benzene rings is 1. The van der Waals surface area contributed by atoms with Crippen LogP contribution in [0.15, 0.2) is 47.7 Å². The van der Waals surface area contributed by atoms with Gasteiger partial charge in [0, 0.05) is 12.7 Å². The van der Waals surface area contributed by atoms with Gasteiger partial charge in [-0.25, -0.2) is 4.98 Å².